The molecule has 26 heavy (non-hydrogen) atoms. The molecule has 0 aliphatic heterocycles. The van der Waals surface area contributed by atoms with E-state index >= 15 is 0 Å². The number of esters is 2. The van der Waals surface area contributed by atoms with Crippen molar-refractivity contribution >= 4 is 34.5 Å². The smallest absolute Gasteiger partial charge is 0.416 e. The summed E-state index contributed by atoms with van der Waals surface area (Å²) in [5.74, 6) is -2.23. The number of hydrogen-bond acceptors (Lipinski definition) is 4. The first-order valence-electron chi connectivity index (χ1n) is 7.01. The molecule has 1 aromatic rings. The van der Waals surface area contributed by atoms with Crippen LogP contribution in [0.15, 0.2) is 18.2 Å². The van der Waals surface area contributed by atoms with Gasteiger partial charge in [-0.15, -0.1) is 0 Å². The van der Waals surface area contributed by atoms with Crippen LogP contribution in [0.1, 0.15) is 41.8 Å². The van der Waals surface area contributed by atoms with Gasteiger partial charge in [0.2, 0.25) is 6.79 Å². The van der Waals surface area contributed by atoms with Crippen LogP contribution in [0.4, 0.5) is 26.3 Å². The molecule has 0 aromatic heterocycles. The summed E-state index contributed by atoms with van der Waals surface area (Å²) in [5.41, 5.74) is -4.26. The summed E-state index contributed by atoms with van der Waals surface area (Å²) in [7, 11) is 0. The van der Waals surface area contributed by atoms with Gasteiger partial charge in [0.05, 0.1) is 16.7 Å². The predicted octanol–water partition coefficient (Wildman–Crippen LogP) is 4.99. The Morgan fingerprint density at radius 3 is 1.81 bits per heavy atom. The largest absolute Gasteiger partial charge is 0.427 e. The highest BCUT2D eigenvalue weighted by atomic mass is 127. The lowest BCUT2D eigenvalue weighted by Crippen LogP contribution is -2.30. The van der Waals surface area contributed by atoms with E-state index < -0.39 is 51.2 Å². The van der Waals surface area contributed by atoms with Crippen molar-refractivity contribution < 1.29 is 45.4 Å². The second-order valence-electron chi connectivity index (χ2n) is 5.33. The first kappa shape index (κ1) is 22.5. The molecule has 1 atom stereocenters. The molecule has 0 aliphatic rings. The lowest BCUT2D eigenvalue weighted by atomic mass is 10.0. The Labute approximate surface area is 158 Å². The summed E-state index contributed by atoms with van der Waals surface area (Å²) in [6.07, 6.45) is -9.79. The van der Waals surface area contributed by atoms with Gasteiger partial charge in [-0.1, -0.05) is 29.5 Å². The fourth-order valence-corrected chi connectivity index (χ4v) is 1.74. The number of benzene rings is 1. The zero-order valence-electron chi connectivity index (χ0n) is 13.4. The van der Waals surface area contributed by atoms with Crippen LogP contribution in [-0.2, 0) is 26.6 Å². The van der Waals surface area contributed by atoms with Crippen molar-refractivity contribution in [2.45, 2.75) is 36.0 Å². The summed E-state index contributed by atoms with van der Waals surface area (Å²) < 4.78 is 84.6. The van der Waals surface area contributed by atoms with Crippen LogP contribution in [-0.4, -0.2) is 22.2 Å². The highest BCUT2D eigenvalue weighted by molar-refractivity contribution is 14.1. The van der Waals surface area contributed by atoms with Crippen molar-refractivity contribution in [1.82, 2.24) is 0 Å². The van der Waals surface area contributed by atoms with Gasteiger partial charge >= 0.3 is 24.3 Å². The maximum Gasteiger partial charge on any atom is 0.416 e. The van der Waals surface area contributed by atoms with E-state index in [4.69, 9.17) is 0 Å². The number of carbonyl (C=O) groups excluding carboxylic acids is 2. The van der Waals surface area contributed by atoms with Crippen LogP contribution in [0.3, 0.4) is 0 Å². The molecule has 11 heteroatoms. The fourth-order valence-electron chi connectivity index (χ4n) is 1.59. The van der Waals surface area contributed by atoms with Crippen molar-refractivity contribution in [2.24, 2.45) is 0 Å². The van der Waals surface area contributed by atoms with E-state index in [1.165, 1.54) is 0 Å². The quantitative estimate of drug-likeness (QED) is 0.189. The number of hydrogen-bond donors (Lipinski definition) is 0. The summed E-state index contributed by atoms with van der Waals surface area (Å²) in [4.78, 5) is 23.4. The summed E-state index contributed by atoms with van der Waals surface area (Å²) in [6, 6.07) is 0.349. The average molecular weight is 498 g/mol. The predicted molar refractivity (Wildman–Crippen MR) is 85.5 cm³/mol. The van der Waals surface area contributed by atoms with Gasteiger partial charge in [-0.25, -0.2) is 4.79 Å². The SMILES string of the molecule is CCC(C)(I)C(=O)OCOC(=O)c1cc(C(F)(F)F)cc(C(F)(F)F)c1. The summed E-state index contributed by atoms with van der Waals surface area (Å²) in [5, 5.41) is 0. The molecule has 1 unspecified atom stereocenters. The van der Waals surface area contributed by atoms with E-state index in [2.05, 4.69) is 9.47 Å². The van der Waals surface area contributed by atoms with Crippen molar-refractivity contribution in [3.05, 3.63) is 34.9 Å². The van der Waals surface area contributed by atoms with Crippen molar-refractivity contribution in [3.63, 3.8) is 0 Å². The Kier molecular flexibility index (Phi) is 6.93. The minimum atomic E-state index is -5.09. The van der Waals surface area contributed by atoms with Crippen molar-refractivity contribution in [1.29, 1.82) is 0 Å². The second-order valence-corrected chi connectivity index (χ2v) is 7.71. The molecule has 0 spiro atoms. The Hall–Kier alpha value is -1.53. The van der Waals surface area contributed by atoms with E-state index in [9.17, 15) is 35.9 Å². The highest BCUT2D eigenvalue weighted by Gasteiger charge is 2.37. The Balaban J connectivity index is 2.97. The van der Waals surface area contributed by atoms with Gasteiger partial charge < -0.3 is 9.47 Å². The number of rotatable bonds is 5. The molecular formula is C15H13F6IO4. The second kappa shape index (κ2) is 8.01. The van der Waals surface area contributed by atoms with Gasteiger partial charge in [0, 0.05) is 0 Å². The first-order chi connectivity index (χ1) is 11.7. The van der Waals surface area contributed by atoms with E-state index in [1.807, 2.05) is 0 Å². The molecule has 0 heterocycles. The summed E-state index contributed by atoms with van der Waals surface area (Å²) in [6.45, 7) is 2.30. The zero-order chi connectivity index (χ0) is 20.3. The van der Waals surface area contributed by atoms with Crippen LogP contribution in [0.5, 0.6) is 0 Å². The molecule has 146 valence electrons. The van der Waals surface area contributed by atoms with E-state index in [0.29, 0.717) is 6.42 Å². The molecule has 0 aliphatic carbocycles. The van der Waals surface area contributed by atoms with Gasteiger partial charge in [0.1, 0.15) is 3.42 Å². The zero-order valence-corrected chi connectivity index (χ0v) is 15.6. The van der Waals surface area contributed by atoms with Crippen LogP contribution in [0.2, 0.25) is 0 Å². The normalized spacial score (nSPS) is 14.5. The third kappa shape index (κ3) is 6.02. The lowest BCUT2D eigenvalue weighted by Gasteiger charge is -2.18. The Morgan fingerprint density at radius 2 is 1.42 bits per heavy atom. The maximum absolute atomic E-state index is 12.7. The van der Waals surface area contributed by atoms with Gasteiger partial charge in [0.25, 0.3) is 0 Å². The molecule has 0 fully saturated rings. The molecule has 4 nitrogen and oxygen atoms in total. The molecule has 0 saturated carbocycles. The standard InChI is InChI=1S/C15H13F6IO4/c1-3-13(2,22)12(24)26-7-25-11(23)8-4-9(14(16,17)18)6-10(5-8)15(19,20)21/h4-6H,3,7H2,1-2H3. The molecule has 1 rings (SSSR count). The first-order valence-corrected chi connectivity index (χ1v) is 8.09. The Bertz CT molecular complexity index is 649. The van der Waals surface area contributed by atoms with Crippen LogP contribution in [0, 0.1) is 0 Å². The average Bonchev–Trinajstić information content (AvgIpc) is 2.52. The number of carbonyl (C=O) groups is 2. The van der Waals surface area contributed by atoms with Gasteiger partial charge in [-0.2, -0.15) is 26.3 Å². The number of halogens is 7. The monoisotopic (exact) mass is 498 g/mol. The molecular weight excluding hydrogens is 485 g/mol. The fraction of sp³-hybridized carbons (Fsp3) is 0.467. The van der Waals surface area contributed by atoms with Crippen molar-refractivity contribution in [2.75, 3.05) is 6.79 Å². The van der Waals surface area contributed by atoms with Gasteiger partial charge in [-0.3, -0.25) is 4.79 Å². The molecule has 0 N–H and O–H groups in total. The third-order valence-electron chi connectivity index (χ3n) is 3.29. The van der Waals surface area contributed by atoms with Crippen LogP contribution in [0.25, 0.3) is 0 Å². The van der Waals surface area contributed by atoms with Gasteiger partial charge in [-0.05, 0) is 31.5 Å². The topological polar surface area (TPSA) is 52.6 Å². The maximum atomic E-state index is 12.7. The highest BCUT2D eigenvalue weighted by Crippen LogP contribution is 2.36. The number of alkyl halides is 7. The molecule has 1 aromatic carbocycles. The van der Waals surface area contributed by atoms with Crippen LogP contribution >= 0.6 is 22.6 Å². The molecule has 0 saturated heterocycles. The minimum absolute atomic E-state index is 0.112. The van der Waals surface area contributed by atoms with E-state index in [1.54, 1.807) is 36.4 Å². The summed E-state index contributed by atoms with van der Waals surface area (Å²) >= 11 is 1.80. The molecule has 0 amide bonds. The number of ether oxygens (including phenoxy) is 2. The van der Waals surface area contributed by atoms with E-state index in [0.717, 1.165) is 0 Å². The minimum Gasteiger partial charge on any atom is -0.427 e. The Morgan fingerprint density at radius 1 is 0.962 bits per heavy atom. The van der Waals surface area contributed by atoms with Crippen molar-refractivity contribution in [3.8, 4) is 0 Å². The third-order valence-corrected chi connectivity index (χ3v) is 4.50. The van der Waals surface area contributed by atoms with E-state index in [-0.39, 0.29) is 18.2 Å². The lowest BCUT2D eigenvalue weighted by molar-refractivity contribution is -0.154. The molecule has 0 radical (unpaired) electrons. The molecule has 0 bridgehead atoms. The van der Waals surface area contributed by atoms with Gasteiger partial charge in [0.15, 0.2) is 0 Å². The van der Waals surface area contributed by atoms with Crippen LogP contribution < -0.4 is 0 Å².